The summed E-state index contributed by atoms with van der Waals surface area (Å²) in [5.74, 6) is 0. The SMILES string of the molecule is Cc1ccc([N+](=O)[O-])cc1S(=O)(=O)N1CCCC[C@@H]1CO. The summed E-state index contributed by atoms with van der Waals surface area (Å²) in [5.41, 5.74) is 0.208. The van der Waals surface area contributed by atoms with Gasteiger partial charge in [-0.25, -0.2) is 8.42 Å². The molecule has 1 aliphatic rings. The lowest BCUT2D eigenvalue weighted by Gasteiger charge is -2.33. The van der Waals surface area contributed by atoms with E-state index >= 15 is 0 Å². The quantitative estimate of drug-likeness (QED) is 0.669. The molecule has 0 aromatic heterocycles. The monoisotopic (exact) mass is 314 g/mol. The Labute approximate surface area is 123 Å². The van der Waals surface area contributed by atoms with Crippen molar-refractivity contribution in [1.29, 1.82) is 0 Å². The number of benzene rings is 1. The Morgan fingerprint density at radius 2 is 2.14 bits per heavy atom. The summed E-state index contributed by atoms with van der Waals surface area (Å²) in [4.78, 5) is 10.2. The Hall–Kier alpha value is -1.51. The summed E-state index contributed by atoms with van der Waals surface area (Å²) in [6.07, 6.45) is 2.19. The van der Waals surface area contributed by atoms with Crippen molar-refractivity contribution in [2.45, 2.75) is 37.1 Å². The van der Waals surface area contributed by atoms with E-state index in [1.165, 1.54) is 16.4 Å². The number of aliphatic hydroxyl groups is 1. The van der Waals surface area contributed by atoms with Gasteiger partial charge in [-0.15, -0.1) is 0 Å². The largest absolute Gasteiger partial charge is 0.395 e. The van der Waals surface area contributed by atoms with E-state index in [4.69, 9.17) is 0 Å². The molecule has 1 fully saturated rings. The number of aryl methyl sites for hydroxylation is 1. The zero-order valence-corrected chi connectivity index (χ0v) is 12.5. The first-order valence-corrected chi connectivity index (χ1v) is 8.19. The lowest BCUT2D eigenvalue weighted by atomic mass is 10.1. The molecule has 8 heteroatoms. The third kappa shape index (κ3) is 3.07. The van der Waals surface area contributed by atoms with Crippen LogP contribution in [0.5, 0.6) is 0 Å². The molecule has 1 aromatic rings. The van der Waals surface area contributed by atoms with E-state index in [-0.39, 0.29) is 17.2 Å². The molecule has 0 bridgehead atoms. The summed E-state index contributed by atoms with van der Waals surface area (Å²) in [5, 5.41) is 20.2. The number of hydrogen-bond acceptors (Lipinski definition) is 5. The molecule has 1 atom stereocenters. The van der Waals surface area contributed by atoms with Crippen molar-refractivity contribution >= 4 is 15.7 Å². The molecule has 21 heavy (non-hydrogen) atoms. The van der Waals surface area contributed by atoms with Crippen molar-refractivity contribution in [3.05, 3.63) is 33.9 Å². The van der Waals surface area contributed by atoms with Crippen LogP contribution in [0.3, 0.4) is 0 Å². The number of sulfonamides is 1. The molecule has 0 aliphatic carbocycles. The van der Waals surface area contributed by atoms with Gasteiger partial charge in [0, 0.05) is 24.7 Å². The average Bonchev–Trinajstić information content (AvgIpc) is 2.47. The second-order valence-electron chi connectivity index (χ2n) is 5.15. The van der Waals surface area contributed by atoms with Gasteiger partial charge in [-0.2, -0.15) is 4.31 Å². The van der Waals surface area contributed by atoms with E-state index in [2.05, 4.69) is 0 Å². The van der Waals surface area contributed by atoms with Gasteiger partial charge in [0.05, 0.1) is 16.4 Å². The Morgan fingerprint density at radius 3 is 2.76 bits per heavy atom. The van der Waals surface area contributed by atoms with E-state index in [1.54, 1.807) is 6.92 Å². The maximum Gasteiger partial charge on any atom is 0.270 e. The van der Waals surface area contributed by atoms with Gasteiger partial charge in [0.1, 0.15) is 0 Å². The molecule has 1 heterocycles. The Morgan fingerprint density at radius 1 is 1.43 bits per heavy atom. The van der Waals surface area contributed by atoms with Crippen LogP contribution in [-0.4, -0.2) is 41.9 Å². The van der Waals surface area contributed by atoms with Gasteiger partial charge in [-0.05, 0) is 25.3 Å². The van der Waals surface area contributed by atoms with Crippen LogP contribution in [-0.2, 0) is 10.0 Å². The number of nitro groups is 1. The number of nitro benzene ring substituents is 1. The smallest absolute Gasteiger partial charge is 0.270 e. The lowest BCUT2D eigenvalue weighted by Crippen LogP contribution is -2.45. The van der Waals surface area contributed by atoms with Gasteiger partial charge >= 0.3 is 0 Å². The second kappa shape index (κ2) is 6.08. The molecular formula is C13H18N2O5S. The van der Waals surface area contributed by atoms with E-state index in [0.717, 1.165) is 18.9 Å². The van der Waals surface area contributed by atoms with Crippen LogP contribution in [0.2, 0.25) is 0 Å². The minimum Gasteiger partial charge on any atom is -0.395 e. The molecule has 1 aliphatic heterocycles. The van der Waals surface area contributed by atoms with E-state index in [0.29, 0.717) is 18.5 Å². The van der Waals surface area contributed by atoms with Crippen molar-refractivity contribution in [1.82, 2.24) is 4.31 Å². The third-order valence-corrected chi connectivity index (χ3v) is 5.85. The zero-order chi connectivity index (χ0) is 15.6. The molecule has 116 valence electrons. The fraction of sp³-hybridized carbons (Fsp3) is 0.538. The van der Waals surface area contributed by atoms with Crippen LogP contribution in [0, 0.1) is 17.0 Å². The Kier molecular flexibility index (Phi) is 4.60. The van der Waals surface area contributed by atoms with Crippen LogP contribution < -0.4 is 0 Å². The highest BCUT2D eigenvalue weighted by Gasteiger charge is 2.34. The summed E-state index contributed by atoms with van der Waals surface area (Å²) in [6.45, 7) is 1.69. The maximum atomic E-state index is 12.7. The van der Waals surface area contributed by atoms with E-state index in [9.17, 15) is 23.6 Å². The Bertz CT molecular complexity index is 644. The van der Waals surface area contributed by atoms with Crippen LogP contribution in [0.4, 0.5) is 5.69 Å². The molecule has 0 radical (unpaired) electrons. The molecule has 0 saturated carbocycles. The van der Waals surface area contributed by atoms with Crippen LogP contribution >= 0.6 is 0 Å². The van der Waals surface area contributed by atoms with Crippen LogP contribution in [0.1, 0.15) is 24.8 Å². The molecule has 0 unspecified atom stereocenters. The fourth-order valence-electron chi connectivity index (χ4n) is 2.58. The predicted molar refractivity (Wildman–Crippen MR) is 76.5 cm³/mol. The molecule has 7 nitrogen and oxygen atoms in total. The molecule has 2 rings (SSSR count). The normalized spacial score (nSPS) is 20.4. The van der Waals surface area contributed by atoms with Crippen LogP contribution in [0.25, 0.3) is 0 Å². The van der Waals surface area contributed by atoms with Crippen molar-refractivity contribution in [3.8, 4) is 0 Å². The van der Waals surface area contributed by atoms with Crippen molar-refractivity contribution in [2.24, 2.45) is 0 Å². The van der Waals surface area contributed by atoms with Gasteiger partial charge in [0.15, 0.2) is 0 Å². The van der Waals surface area contributed by atoms with E-state index in [1.807, 2.05) is 0 Å². The number of piperidine rings is 1. The maximum absolute atomic E-state index is 12.7. The summed E-state index contributed by atoms with van der Waals surface area (Å²) >= 11 is 0. The number of hydrogen-bond donors (Lipinski definition) is 1. The summed E-state index contributed by atoms with van der Waals surface area (Å²) in [6, 6.07) is 3.35. The summed E-state index contributed by atoms with van der Waals surface area (Å²) < 4.78 is 26.8. The number of rotatable bonds is 4. The number of aliphatic hydroxyl groups excluding tert-OH is 1. The minimum atomic E-state index is -3.84. The Balaban J connectivity index is 2.47. The van der Waals surface area contributed by atoms with E-state index < -0.39 is 21.0 Å². The van der Waals surface area contributed by atoms with Gasteiger partial charge < -0.3 is 5.11 Å². The third-order valence-electron chi connectivity index (χ3n) is 3.75. The fourth-order valence-corrected chi connectivity index (χ4v) is 4.51. The van der Waals surface area contributed by atoms with Crippen molar-refractivity contribution in [2.75, 3.05) is 13.2 Å². The highest BCUT2D eigenvalue weighted by molar-refractivity contribution is 7.89. The number of nitrogens with zero attached hydrogens (tertiary/aromatic N) is 2. The highest BCUT2D eigenvalue weighted by Crippen LogP contribution is 2.29. The van der Waals surface area contributed by atoms with Crippen LogP contribution in [0.15, 0.2) is 23.1 Å². The van der Waals surface area contributed by atoms with Gasteiger partial charge in [0.25, 0.3) is 5.69 Å². The standard InChI is InChI=1S/C13H18N2O5S/c1-10-5-6-11(15(17)18)8-13(10)21(19,20)14-7-3-2-4-12(14)9-16/h5-6,8,12,16H,2-4,7,9H2,1H3/t12-/m1/s1. The van der Waals surface area contributed by atoms with Crippen molar-refractivity contribution in [3.63, 3.8) is 0 Å². The topological polar surface area (TPSA) is 101 Å². The van der Waals surface area contributed by atoms with Gasteiger partial charge in [-0.1, -0.05) is 12.5 Å². The molecule has 0 spiro atoms. The molecular weight excluding hydrogens is 296 g/mol. The first-order chi connectivity index (χ1) is 9.87. The molecule has 1 aromatic carbocycles. The lowest BCUT2D eigenvalue weighted by molar-refractivity contribution is -0.385. The van der Waals surface area contributed by atoms with Crippen molar-refractivity contribution < 1.29 is 18.4 Å². The van der Waals surface area contributed by atoms with Gasteiger partial charge in [0.2, 0.25) is 10.0 Å². The average molecular weight is 314 g/mol. The zero-order valence-electron chi connectivity index (χ0n) is 11.7. The van der Waals surface area contributed by atoms with Gasteiger partial charge in [-0.3, -0.25) is 10.1 Å². The number of non-ortho nitro benzene ring substituents is 1. The molecule has 1 saturated heterocycles. The predicted octanol–water partition coefficient (Wildman–Crippen LogP) is 1.44. The first-order valence-electron chi connectivity index (χ1n) is 6.75. The first kappa shape index (κ1) is 15.9. The summed E-state index contributed by atoms with van der Waals surface area (Å²) in [7, 11) is -3.84. The molecule has 1 N–H and O–H groups in total. The minimum absolute atomic E-state index is 0.0583. The highest BCUT2D eigenvalue weighted by atomic mass is 32.2. The molecule has 0 amide bonds. The second-order valence-corrected chi connectivity index (χ2v) is 7.01.